The van der Waals surface area contributed by atoms with E-state index in [1.54, 1.807) is 0 Å². The van der Waals surface area contributed by atoms with E-state index in [2.05, 4.69) is 24.3 Å². The summed E-state index contributed by atoms with van der Waals surface area (Å²) in [5.41, 5.74) is 12.7. The van der Waals surface area contributed by atoms with Crippen molar-refractivity contribution < 1.29 is 0 Å². The predicted molar refractivity (Wildman–Crippen MR) is 71.2 cm³/mol. The minimum absolute atomic E-state index is 0.154. The van der Waals surface area contributed by atoms with Gasteiger partial charge in [-0.1, -0.05) is 23.9 Å². The molecule has 5 heteroatoms. The third-order valence-corrected chi connectivity index (χ3v) is 4.21. The van der Waals surface area contributed by atoms with E-state index >= 15 is 0 Å². The second kappa shape index (κ2) is 5.20. The monoisotopic (exact) mass is 258 g/mol. The van der Waals surface area contributed by atoms with Crippen molar-refractivity contribution >= 4 is 11.8 Å². The summed E-state index contributed by atoms with van der Waals surface area (Å²) >= 11 is 1.12. The topological polar surface area (TPSA) is 99.6 Å². The molecule has 0 aromatic heterocycles. The Morgan fingerprint density at radius 1 is 1.17 bits per heavy atom. The Morgan fingerprint density at radius 3 is 2.22 bits per heavy atom. The zero-order valence-electron chi connectivity index (χ0n) is 9.89. The first-order chi connectivity index (χ1) is 8.69. The van der Waals surface area contributed by atoms with E-state index in [4.69, 9.17) is 11.5 Å². The lowest BCUT2D eigenvalue weighted by Gasteiger charge is -2.30. The summed E-state index contributed by atoms with van der Waals surface area (Å²) in [7, 11) is 0. The maximum absolute atomic E-state index is 9.26. The summed E-state index contributed by atoms with van der Waals surface area (Å²) in [6.07, 6.45) is 7.27. The lowest BCUT2D eigenvalue weighted by Crippen LogP contribution is -2.26. The number of hydrogen-bond donors (Lipinski definition) is 2. The number of allylic oxidation sites excluding steroid dienone is 4. The van der Waals surface area contributed by atoms with E-state index in [-0.39, 0.29) is 11.8 Å². The highest BCUT2D eigenvalue weighted by Gasteiger charge is 2.34. The molecule has 0 bridgehead atoms. The molecule has 0 aromatic carbocycles. The van der Waals surface area contributed by atoms with Crippen molar-refractivity contribution in [3.8, 4) is 12.1 Å². The number of hydrogen-bond acceptors (Lipinski definition) is 5. The molecule has 0 saturated heterocycles. The van der Waals surface area contributed by atoms with Gasteiger partial charge in [0.05, 0.1) is 33.3 Å². The van der Waals surface area contributed by atoms with E-state index < -0.39 is 0 Å². The van der Waals surface area contributed by atoms with Crippen molar-refractivity contribution in [2.24, 2.45) is 23.3 Å². The summed E-state index contributed by atoms with van der Waals surface area (Å²) in [6.45, 7) is 0. The van der Waals surface area contributed by atoms with Gasteiger partial charge in [-0.25, -0.2) is 0 Å². The second-order valence-electron chi connectivity index (χ2n) is 4.38. The van der Waals surface area contributed by atoms with Crippen LogP contribution < -0.4 is 11.5 Å². The molecule has 0 aromatic rings. The van der Waals surface area contributed by atoms with Gasteiger partial charge >= 0.3 is 0 Å². The zero-order chi connectivity index (χ0) is 13.1. The second-order valence-corrected chi connectivity index (χ2v) is 5.47. The molecule has 1 atom stereocenters. The predicted octanol–water partition coefficient (Wildman–Crippen LogP) is 2.09. The number of thioether (sulfide) groups is 1. The zero-order valence-corrected chi connectivity index (χ0v) is 10.7. The third-order valence-electron chi connectivity index (χ3n) is 3.33. The molecule has 1 aliphatic carbocycles. The fraction of sp³-hybridized carbons (Fsp3) is 0.385. The Bertz CT molecular complexity index is 494. The SMILES string of the molecule is N#CC1=C(N)SC(N)=C(C#N)C1[C@@H]1C=CCCC1. The van der Waals surface area contributed by atoms with Crippen LogP contribution in [0.25, 0.3) is 0 Å². The highest BCUT2D eigenvalue weighted by atomic mass is 32.2. The highest BCUT2D eigenvalue weighted by molar-refractivity contribution is 8.06. The van der Waals surface area contributed by atoms with Crippen molar-refractivity contribution in [3.63, 3.8) is 0 Å². The van der Waals surface area contributed by atoms with Gasteiger partial charge in [0.2, 0.25) is 0 Å². The molecule has 1 heterocycles. The normalized spacial score (nSPS) is 24.9. The van der Waals surface area contributed by atoms with Crippen molar-refractivity contribution in [1.82, 2.24) is 0 Å². The summed E-state index contributed by atoms with van der Waals surface area (Å²) in [5, 5.41) is 19.4. The lowest BCUT2D eigenvalue weighted by molar-refractivity contribution is 0.457. The van der Waals surface area contributed by atoms with Crippen LogP contribution in [0.4, 0.5) is 0 Å². The maximum Gasteiger partial charge on any atom is 0.0981 e. The van der Waals surface area contributed by atoms with Gasteiger partial charge in [-0.3, -0.25) is 0 Å². The molecular weight excluding hydrogens is 244 g/mol. The maximum atomic E-state index is 9.26. The van der Waals surface area contributed by atoms with E-state index in [0.717, 1.165) is 31.0 Å². The van der Waals surface area contributed by atoms with Crippen LogP contribution in [0.1, 0.15) is 19.3 Å². The van der Waals surface area contributed by atoms with E-state index in [9.17, 15) is 10.5 Å². The lowest BCUT2D eigenvalue weighted by atomic mass is 9.76. The molecule has 0 spiro atoms. The first kappa shape index (κ1) is 12.6. The number of rotatable bonds is 1. The molecule has 0 amide bonds. The molecule has 0 saturated carbocycles. The van der Waals surface area contributed by atoms with Crippen molar-refractivity contribution in [3.05, 3.63) is 33.4 Å². The van der Waals surface area contributed by atoms with Gasteiger partial charge in [-0.15, -0.1) is 0 Å². The Morgan fingerprint density at radius 2 is 1.78 bits per heavy atom. The molecule has 4 nitrogen and oxygen atoms in total. The summed E-state index contributed by atoms with van der Waals surface area (Å²) in [5.74, 6) is -0.112. The number of nitriles is 2. The van der Waals surface area contributed by atoms with Crippen LogP contribution in [0, 0.1) is 34.5 Å². The van der Waals surface area contributed by atoms with E-state index in [1.165, 1.54) is 0 Å². The van der Waals surface area contributed by atoms with Crippen LogP contribution in [-0.2, 0) is 0 Å². The van der Waals surface area contributed by atoms with Crippen LogP contribution >= 0.6 is 11.8 Å². The minimum atomic E-state index is -0.266. The number of nitrogens with two attached hydrogens (primary N) is 2. The summed E-state index contributed by atoms with van der Waals surface area (Å²) < 4.78 is 0. The van der Waals surface area contributed by atoms with Crippen molar-refractivity contribution in [1.29, 1.82) is 10.5 Å². The van der Waals surface area contributed by atoms with Gasteiger partial charge < -0.3 is 11.5 Å². The first-order valence-corrected chi connectivity index (χ1v) is 6.64. The minimum Gasteiger partial charge on any atom is -0.392 e. The fourth-order valence-electron chi connectivity index (χ4n) is 2.47. The molecule has 0 unspecified atom stereocenters. The van der Waals surface area contributed by atoms with Gasteiger partial charge in [-0.05, 0) is 25.2 Å². The molecule has 2 aliphatic rings. The van der Waals surface area contributed by atoms with Gasteiger partial charge in [0.1, 0.15) is 0 Å². The van der Waals surface area contributed by atoms with Gasteiger partial charge in [-0.2, -0.15) is 10.5 Å². The van der Waals surface area contributed by atoms with Gasteiger partial charge in [0, 0.05) is 5.92 Å². The molecule has 0 radical (unpaired) electrons. The fourth-order valence-corrected chi connectivity index (χ4v) is 3.28. The Labute approximate surface area is 111 Å². The first-order valence-electron chi connectivity index (χ1n) is 5.83. The average molecular weight is 258 g/mol. The van der Waals surface area contributed by atoms with Crippen LogP contribution in [0.2, 0.25) is 0 Å². The van der Waals surface area contributed by atoms with Crippen LogP contribution in [-0.4, -0.2) is 0 Å². The largest absolute Gasteiger partial charge is 0.392 e. The van der Waals surface area contributed by atoms with Crippen LogP contribution in [0.15, 0.2) is 33.4 Å². The standard InChI is InChI=1S/C13H14N4S/c14-6-9-11(8-4-2-1-3-5-8)10(7-15)13(17)18-12(9)16/h2,4,8,11H,1,3,5,16-17H2/t8-/m1/s1. The molecule has 18 heavy (non-hydrogen) atoms. The van der Waals surface area contributed by atoms with Crippen molar-refractivity contribution in [2.75, 3.05) is 0 Å². The average Bonchev–Trinajstić information content (AvgIpc) is 2.39. The van der Waals surface area contributed by atoms with E-state index in [1.807, 2.05) is 0 Å². The van der Waals surface area contributed by atoms with Crippen molar-refractivity contribution in [2.45, 2.75) is 19.3 Å². The molecule has 0 fully saturated rings. The Balaban J connectivity index is 2.46. The van der Waals surface area contributed by atoms with E-state index in [0.29, 0.717) is 21.2 Å². The smallest absolute Gasteiger partial charge is 0.0981 e. The molecule has 92 valence electrons. The highest BCUT2D eigenvalue weighted by Crippen LogP contribution is 2.43. The van der Waals surface area contributed by atoms with Gasteiger partial charge in [0.25, 0.3) is 0 Å². The summed E-state index contributed by atoms with van der Waals surface area (Å²) in [6, 6.07) is 4.29. The van der Waals surface area contributed by atoms with Crippen LogP contribution in [0.5, 0.6) is 0 Å². The third kappa shape index (κ3) is 2.10. The Kier molecular flexibility index (Phi) is 3.64. The molecule has 1 aliphatic heterocycles. The van der Waals surface area contributed by atoms with Gasteiger partial charge in [0.15, 0.2) is 0 Å². The number of nitrogens with zero attached hydrogens (tertiary/aromatic N) is 2. The van der Waals surface area contributed by atoms with Crippen LogP contribution in [0.3, 0.4) is 0 Å². The molecule has 4 N–H and O–H groups in total. The quantitative estimate of drug-likeness (QED) is 0.701. The molecule has 2 rings (SSSR count). The molecular formula is C13H14N4S. The Hall–Kier alpha value is -1.85. The summed E-state index contributed by atoms with van der Waals surface area (Å²) in [4.78, 5) is 0.